The largest absolute Gasteiger partial charge is 0.416 e. The molecule has 0 radical (unpaired) electrons. The topological polar surface area (TPSA) is 15.3 Å². The number of hydrogen-bond donors (Lipinski definition) is 1. The van der Waals surface area contributed by atoms with E-state index in [4.69, 9.17) is 12.2 Å². The summed E-state index contributed by atoms with van der Waals surface area (Å²) in [6, 6.07) is 15.3. The molecule has 1 N–H and O–H groups in total. The molecule has 1 atom stereocenters. The first kappa shape index (κ1) is 18.7. The quantitative estimate of drug-likeness (QED) is 0.672. The molecule has 0 aromatic heterocycles. The Morgan fingerprint density at radius 1 is 1.15 bits per heavy atom. The minimum atomic E-state index is -4.37. The van der Waals surface area contributed by atoms with E-state index < -0.39 is 11.7 Å². The minimum Gasteiger partial charge on any atom is -0.342 e. The van der Waals surface area contributed by atoms with E-state index in [1.165, 1.54) is 18.9 Å². The van der Waals surface area contributed by atoms with Crippen molar-refractivity contribution in [3.05, 3.63) is 65.7 Å². The van der Waals surface area contributed by atoms with Gasteiger partial charge in [-0.15, -0.1) is 0 Å². The summed E-state index contributed by atoms with van der Waals surface area (Å²) in [6.07, 6.45) is -2.04. The molecule has 1 aliphatic carbocycles. The van der Waals surface area contributed by atoms with Crippen LogP contribution in [0.1, 0.15) is 30.9 Å². The average Bonchev–Trinajstić information content (AvgIpc) is 3.44. The Labute approximate surface area is 157 Å². The molecule has 2 nitrogen and oxygen atoms in total. The molecular formula is C20H21F3N2S. The van der Waals surface area contributed by atoms with Gasteiger partial charge in [0, 0.05) is 18.3 Å². The number of hydrogen-bond acceptors (Lipinski definition) is 1. The third-order valence-electron chi connectivity index (χ3n) is 4.69. The van der Waals surface area contributed by atoms with Gasteiger partial charge in [-0.05, 0) is 61.7 Å². The Kier molecular flexibility index (Phi) is 5.51. The van der Waals surface area contributed by atoms with E-state index >= 15 is 0 Å². The average molecular weight is 378 g/mol. The maximum Gasteiger partial charge on any atom is 0.416 e. The molecule has 26 heavy (non-hydrogen) atoms. The van der Waals surface area contributed by atoms with Gasteiger partial charge < -0.3 is 10.2 Å². The van der Waals surface area contributed by atoms with E-state index in [0.29, 0.717) is 23.3 Å². The molecule has 0 bridgehead atoms. The monoisotopic (exact) mass is 378 g/mol. The lowest BCUT2D eigenvalue weighted by Crippen LogP contribution is -2.41. The van der Waals surface area contributed by atoms with E-state index in [-0.39, 0.29) is 6.04 Å². The lowest BCUT2D eigenvalue weighted by molar-refractivity contribution is -0.137. The smallest absolute Gasteiger partial charge is 0.342 e. The second-order valence-electron chi connectivity index (χ2n) is 6.70. The van der Waals surface area contributed by atoms with E-state index in [1.807, 2.05) is 30.3 Å². The van der Waals surface area contributed by atoms with Crippen LogP contribution in [0.5, 0.6) is 0 Å². The van der Waals surface area contributed by atoms with Gasteiger partial charge in [-0.2, -0.15) is 13.2 Å². The summed E-state index contributed by atoms with van der Waals surface area (Å²) in [4.78, 5) is 2.07. The van der Waals surface area contributed by atoms with Crippen LogP contribution in [0.4, 0.5) is 18.9 Å². The van der Waals surface area contributed by atoms with Crippen molar-refractivity contribution in [2.24, 2.45) is 5.92 Å². The van der Waals surface area contributed by atoms with E-state index in [0.717, 1.165) is 17.7 Å². The number of nitrogens with zero attached hydrogens (tertiary/aromatic N) is 1. The van der Waals surface area contributed by atoms with Crippen LogP contribution in [0.25, 0.3) is 0 Å². The molecular weight excluding hydrogens is 357 g/mol. The molecule has 0 amide bonds. The zero-order valence-corrected chi connectivity index (χ0v) is 15.3. The van der Waals surface area contributed by atoms with Crippen LogP contribution < -0.4 is 5.32 Å². The minimum absolute atomic E-state index is 0.237. The zero-order chi connectivity index (χ0) is 18.7. The molecule has 1 aliphatic rings. The van der Waals surface area contributed by atoms with Crippen LogP contribution in [0.15, 0.2) is 54.6 Å². The Bertz CT molecular complexity index is 757. The van der Waals surface area contributed by atoms with Gasteiger partial charge in [0.1, 0.15) is 0 Å². The van der Waals surface area contributed by atoms with Crippen LogP contribution in [0.2, 0.25) is 0 Å². The highest BCUT2D eigenvalue weighted by atomic mass is 32.1. The summed E-state index contributed by atoms with van der Waals surface area (Å²) in [5, 5.41) is 3.45. The molecule has 6 heteroatoms. The van der Waals surface area contributed by atoms with E-state index in [2.05, 4.69) is 17.1 Å². The third-order valence-corrected chi connectivity index (χ3v) is 5.03. The normalized spacial score (nSPS) is 15.4. The maximum atomic E-state index is 12.9. The maximum absolute atomic E-state index is 12.9. The predicted octanol–water partition coefficient (Wildman–Crippen LogP) is 5.70. The zero-order valence-electron chi connectivity index (χ0n) is 14.5. The number of nitrogens with one attached hydrogen (secondary N) is 1. The summed E-state index contributed by atoms with van der Waals surface area (Å²) in [5.41, 5.74) is 0.786. The van der Waals surface area contributed by atoms with Crippen LogP contribution >= 0.6 is 12.2 Å². The molecule has 3 rings (SSSR count). The Morgan fingerprint density at radius 3 is 2.46 bits per heavy atom. The molecule has 1 fully saturated rings. The highest BCUT2D eigenvalue weighted by Gasteiger charge is 2.34. The number of halogens is 3. The fourth-order valence-electron chi connectivity index (χ4n) is 2.98. The highest BCUT2D eigenvalue weighted by Crippen LogP contribution is 2.36. The molecule has 138 valence electrons. The van der Waals surface area contributed by atoms with Crippen molar-refractivity contribution in [1.82, 2.24) is 4.90 Å². The van der Waals surface area contributed by atoms with Crippen molar-refractivity contribution in [1.29, 1.82) is 0 Å². The van der Waals surface area contributed by atoms with Gasteiger partial charge in [-0.1, -0.05) is 36.4 Å². The number of anilines is 1. The van der Waals surface area contributed by atoms with Crippen LogP contribution in [0.3, 0.4) is 0 Å². The van der Waals surface area contributed by atoms with Gasteiger partial charge in [-0.3, -0.25) is 0 Å². The van der Waals surface area contributed by atoms with Crippen molar-refractivity contribution in [2.75, 3.05) is 5.32 Å². The Hall–Kier alpha value is -2.08. The molecule has 0 unspecified atom stereocenters. The second-order valence-corrected chi connectivity index (χ2v) is 7.09. The summed E-state index contributed by atoms with van der Waals surface area (Å²) >= 11 is 5.55. The summed E-state index contributed by atoms with van der Waals surface area (Å²) in [7, 11) is 0. The molecule has 0 spiro atoms. The van der Waals surface area contributed by atoms with Gasteiger partial charge in [0.15, 0.2) is 5.11 Å². The van der Waals surface area contributed by atoms with Crippen molar-refractivity contribution in [2.45, 2.75) is 38.5 Å². The van der Waals surface area contributed by atoms with Crippen molar-refractivity contribution in [3.8, 4) is 0 Å². The van der Waals surface area contributed by atoms with Gasteiger partial charge in [0.25, 0.3) is 0 Å². The molecule has 2 aromatic carbocycles. The number of benzene rings is 2. The van der Waals surface area contributed by atoms with Gasteiger partial charge in [-0.25, -0.2) is 0 Å². The standard InChI is InChI=1S/C20H21F3N2S/c1-14(16-10-11-16)25(13-15-6-3-2-4-7-15)19(26)24-18-9-5-8-17(12-18)20(21,22)23/h2-9,12,14,16H,10-11,13H2,1H3,(H,24,26)/t14-/m0/s1. The predicted molar refractivity (Wildman–Crippen MR) is 102 cm³/mol. The number of alkyl halides is 3. The van der Waals surface area contributed by atoms with Crippen LogP contribution in [0, 0.1) is 5.92 Å². The van der Waals surface area contributed by atoms with Gasteiger partial charge in [0.05, 0.1) is 5.56 Å². The first-order valence-electron chi connectivity index (χ1n) is 8.63. The van der Waals surface area contributed by atoms with Crippen molar-refractivity contribution >= 4 is 23.0 Å². The van der Waals surface area contributed by atoms with Crippen molar-refractivity contribution in [3.63, 3.8) is 0 Å². The Balaban J connectivity index is 1.77. The van der Waals surface area contributed by atoms with E-state index in [9.17, 15) is 13.2 Å². The van der Waals surface area contributed by atoms with E-state index in [1.54, 1.807) is 6.07 Å². The highest BCUT2D eigenvalue weighted by molar-refractivity contribution is 7.80. The third kappa shape index (κ3) is 4.75. The SMILES string of the molecule is C[C@@H](C1CC1)N(Cc1ccccc1)C(=S)Nc1cccc(C(F)(F)F)c1. The molecule has 1 saturated carbocycles. The number of thiocarbonyl (C=S) groups is 1. The lowest BCUT2D eigenvalue weighted by atomic mass is 10.1. The summed E-state index contributed by atoms with van der Waals surface area (Å²) in [6.45, 7) is 2.75. The van der Waals surface area contributed by atoms with Crippen LogP contribution in [-0.2, 0) is 12.7 Å². The summed E-state index contributed by atoms with van der Waals surface area (Å²) < 4.78 is 38.8. The molecule has 2 aromatic rings. The van der Waals surface area contributed by atoms with Crippen LogP contribution in [-0.4, -0.2) is 16.1 Å². The van der Waals surface area contributed by atoms with Gasteiger partial charge >= 0.3 is 6.18 Å². The fourth-order valence-corrected chi connectivity index (χ4v) is 3.33. The Morgan fingerprint density at radius 2 is 1.85 bits per heavy atom. The molecule has 0 aliphatic heterocycles. The lowest BCUT2D eigenvalue weighted by Gasteiger charge is -2.32. The number of rotatable bonds is 5. The van der Waals surface area contributed by atoms with Crippen molar-refractivity contribution < 1.29 is 13.2 Å². The fraction of sp³-hybridized carbons (Fsp3) is 0.350. The first-order valence-corrected chi connectivity index (χ1v) is 9.04. The van der Waals surface area contributed by atoms with Gasteiger partial charge in [0.2, 0.25) is 0 Å². The molecule has 0 heterocycles. The first-order chi connectivity index (χ1) is 12.3. The second kappa shape index (κ2) is 7.66. The summed E-state index contributed by atoms with van der Waals surface area (Å²) in [5.74, 6) is 0.583. The molecule has 0 saturated heterocycles.